The van der Waals surface area contributed by atoms with Crippen molar-refractivity contribution in [3.8, 4) is 29.1 Å². The van der Waals surface area contributed by atoms with E-state index in [0.717, 1.165) is 0 Å². The number of carbonyl (C=O) groups excluding carboxylic acids is 2. The summed E-state index contributed by atoms with van der Waals surface area (Å²) in [6.45, 7) is 0. The number of aliphatic hydroxyl groups is 1. The number of Topliss-reactive ketones (excluding diaryl/α,β-unsaturated/α-hetero) is 1. The average Bonchev–Trinajstić information content (AvgIpc) is 3.21. The Kier molecular flexibility index (Phi) is 7.02. The highest BCUT2D eigenvalue weighted by Gasteiger charge is 2.48. The Morgan fingerprint density at radius 2 is 1.59 bits per heavy atom. The molecule has 9 heteroatoms. The van der Waals surface area contributed by atoms with E-state index in [0.29, 0.717) is 34.1 Å². The summed E-state index contributed by atoms with van der Waals surface area (Å²) >= 11 is 0. The van der Waals surface area contributed by atoms with Crippen molar-refractivity contribution in [1.82, 2.24) is 0 Å². The number of benzene rings is 3. The Morgan fingerprint density at radius 1 is 0.892 bits per heavy atom. The maximum Gasteiger partial charge on any atom is 0.300 e. The lowest BCUT2D eigenvalue weighted by Gasteiger charge is -2.27. The van der Waals surface area contributed by atoms with Crippen molar-refractivity contribution in [1.29, 1.82) is 5.26 Å². The molecule has 0 aliphatic carbocycles. The molecule has 188 valence electrons. The number of hydrogen-bond acceptors (Lipinski definition) is 8. The van der Waals surface area contributed by atoms with E-state index in [4.69, 9.17) is 18.9 Å². The second-order valence-electron chi connectivity index (χ2n) is 7.98. The van der Waals surface area contributed by atoms with Gasteiger partial charge in [0, 0.05) is 11.3 Å². The van der Waals surface area contributed by atoms with Gasteiger partial charge in [-0.25, -0.2) is 0 Å². The maximum atomic E-state index is 13.5. The molecule has 1 aliphatic rings. The third-order valence-corrected chi connectivity index (χ3v) is 6.11. The van der Waals surface area contributed by atoms with Crippen molar-refractivity contribution < 1.29 is 33.6 Å². The zero-order valence-electron chi connectivity index (χ0n) is 20.6. The van der Waals surface area contributed by atoms with E-state index in [-0.39, 0.29) is 16.9 Å². The van der Waals surface area contributed by atoms with E-state index in [1.54, 1.807) is 54.6 Å². The molecule has 9 nitrogen and oxygen atoms in total. The lowest BCUT2D eigenvalue weighted by Crippen LogP contribution is -2.29. The highest BCUT2D eigenvalue weighted by molar-refractivity contribution is 6.51. The molecule has 1 heterocycles. The van der Waals surface area contributed by atoms with Crippen molar-refractivity contribution in [3.63, 3.8) is 0 Å². The first-order valence-electron chi connectivity index (χ1n) is 11.1. The van der Waals surface area contributed by atoms with E-state index in [9.17, 15) is 20.0 Å². The molecule has 0 radical (unpaired) electrons. The highest BCUT2D eigenvalue weighted by Crippen LogP contribution is 2.48. The van der Waals surface area contributed by atoms with Crippen molar-refractivity contribution >= 4 is 23.1 Å². The zero-order valence-corrected chi connectivity index (χ0v) is 20.6. The van der Waals surface area contributed by atoms with Crippen molar-refractivity contribution in [2.24, 2.45) is 0 Å². The third-order valence-electron chi connectivity index (χ3n) is 6.11. The number of nitriles is 1. The van der Waals surface area contributed by atoms with Gasteiger partial charge in [0.1, 0.15) is 17.3 Å². The molecule has 1 aliphatic heterocycles. The molecular weight excluding hydrogens is 476 g/mol. The number of hydrogen-bond donors (Lipinski definition) is 1. The van der Waals surface area contributed by atoms with Crippen LogP contribution in [0.5, 0.6) is 23.0 Å². The number of nitrogens with zero attached hydrogens (tertiary/aromatic N) is 2. The molecule has 3 aromatic rings. The van der Waals surface area contributed by atoms with E-state index in [1.807, 2.05) is 6.07 Å². The van der Waals surface area contributed by atoms with Gasteiger partial charge in [-0.2, -0.15) is 5.26 Å². The second kappa shape index (κ2) is 10.3. The summed E-state index contributed by atoms with van der Waals surface area (Å²) in [4.78, 5) is 28.2. The van der Waals surface area contributed by atoms with Crippen LogP contribution in [0.1, 0.15) is 22.7 Å². The number of anilines is 1. The number of rotatable bonds is 7. The number of ketones is 1. The van der Waals surface area contributed by atoms with Crippen molar-refractivity contribution in [3.05, 3.63) is 82.9 Å². The van der Waals surface area contributed by atoms with Gasteiger partial charge in [-0.05, 0) is 48.5 Å². The summed E-state index contributed by atoms with van der Waals surface area (Å²) in [5, 5.41) is 20.7. The largest absolute Gasteiger partial charge is 0.507 e. The Morgan fingerprint density at radius 3 is 2.19 bits per heavy atom. The van der Waals surface area contributed by atoms with Crippen LogP contribution < -0.4 is 23.8 Å². The van der Waals surface area contributed by atoms with Crippen LogP contribution in [0.3, 0.4) is 0 Å². The number of amides is 1. The highest BCUT2D eigenvalue weighted by atomic mass is 16.5. The van der Waals surface area contributed by atoms with Gasteiger partial charge in [-0.15, -0.1) is 0 Å². The first kappa shape index (κ1) is 25.1. The van der Waals surface area contributed by atoms with Gasteiger partial charge in [0.2, 0.25) is 0 Å². The molecule has 1 saturated heterocycles. The fourth-order valence-corrected chi connectivity index (χ4v) is 4.36. The molecular formula is C28H24N2O7. The molecule has 3 aromatic carbocycles. The van der Waals surface area contributed by atoms with Crippen LogP contribution in [0.25, 0.3) is 5.76 Å². The van der Waals surface area contributed by atoms with Gasteiger partial charge in [0.15, 0.2) is 11.5 Å². The van der Waals surface area contributed by atoms with Crippen LogP contribution in [0.15, 0.2) is 66.2 Å². The van der Waals surface area contributed by atoms with Gasteiger partial charge >= 0.3 is 0 Å². The molecule has 4 rings (SSSR count). The number of carbonyl (C=O) groups is 2. The van der Waals surface area contributed by atoms with E-state index >= 15 is 0 Å². The molecule has 1 unspecified atom stereocenters. The first-order valence-corrected chi connectivity index (χ1v) is 11.1. The van der Waals surface area contributed by atoms with Crippen LogP contribution in [0.2, 0.25) is 0 Å². The van der Waals surface area contributed by atoms with Crippen molar-refractivity contribution in [2.75, 3.05) is 33.3 Å². The molecule has 1 N–H and O–H groups in total. The first-order chi connectivity index (χ1) is 17.9. The SMILES string of the molecule is COc1ccc(OC)c(/C(O)=C2\C(=O)C(=O)N(c3ccc(C#N)cc3)C2c2cccc(OC)c2OC)c1. The fraction of sp³-hybridized carbons (Fsp3) is 0.179. The molecule has 1 atom stereocenters. The quantitative estimate of drug-likeness (QED) is 0.291. The molecule has 0 bridgehead atoms. The number of aliphatic hydroxyl groups excluding tert-OH is 1. The van der Waals surface area contributed by atoms with Crippen LogP contribution in [-0.4, -0.2) is 45.2 Å². The minimum atomic E-state index is -1.09. The van der Waals surface area contributed by atoms with Crippen LogP contribution in [-0.2, 0) is 9.59 Å². The van der Waals surface area contributed by atoms with Crippen LogP contribution in [0.4, 0.5) is 5.69 Å². The minimum Gasteiger partial charge on any atom is -0.507 e. The number of para-hydroxylation sites is 1. The fourth-order valence-electron chi connectivity index (χ4n) is 4.36. The van der Waals surface area contributed by atoms with Gasteiger partial charge in [-0.3, -0.25) is 14.5 Å². The topological polar surface area (TPSA) is 118 Å². The smallest absolute Gasteiger partial charge is 0.300 e. The number of ether oxygens (including phenoxy) is 4. The van der Waals surface area contributed by atoms with E-state index in [2.05, 4.69) is 0 Å². The predicted octanol–water partition coefficient (Wildman–Crippen LogP) is 4.22. The maximum absolute atomic E-state index is 13.5. The Hall–Kier alpha value is -4.97. The van der Waals surface area contributed by atoms with Gasteiger partial charge < -0.3 is 24.1 Å². The molecule has 0 spiro atoms. The Balaban J connectivity index is 2.05. The predicted molar refractivity (Wildman–Crippen MR) is 135 cm³/mol. The zero-order chi connectivity index (χ0) is 26.7. The normalized spacial score (nSPS) is 16.3. The summed E-state index contributed by atoms with van der Waals surface area (Å²) in [6.07, 6.45) is 0. The summed E-state index contributed by atoms with van der Waals surface area (Å²) in [5.41, 5.74) is 1.15. The molecule has 37 heavy (non-hydrogen) atoms. The van der Waals surface area contributed by atoms with Crippen LogP contribution in [0, 0.1) is 11.3 Å². The summed E-state index contributed by atoms with van der Waals surface area (Å²) in [7, 11) is 5.81. The molecule has 0 saturated carbocycles. The van der Waals surface area contributed by atoms with Crippen molar-refractivity contribution in [2.45, 2.75) is 6.04 Å². The molecule has 1 amide bonds. The Labute approximate surface area is 213 Å². The van der Waals surface area contributed by atoms with Gasteiger partial charge in [0.25, 0.3) is 11.7 Å². The van der Waals surface area contributed by atoms with E-state index < -0.39 is 23.5 Å². The summed E-state index contributed by atoms with van der Waals surface area (Å²) < 4.78 is 21.8. The standard InChI is InChI=1S/C28H24N2O7/c1-34-18-12-13-21(35-2)20(14-18)25(31)23-24(19-6-5-7-22(36-3)27(19)37-4)30(28(33)26(23)32)17-10-8-16(15-29)9-11-17/h5-14,24,31H,1-4H3/b25-23+. The van der Waals surface area contributed by atoms with Gasteiger partial charge in [-0.1, -0.05) is 12.1 Å². The third kappa shape index (κ3) is 4.29. The number of methoxy groups -OCH3 is 4. The monoisotopic (exact) mass is 500 g/mol. The average molecular weight is 501 g/mol. The minimum absolute atomic E-state index is 0.173. The lowest BCUT2D eigenvalue weighted by molar-refractivity contribution is -0.132. The molecule has 0 aromatic heterocycles. The Bertz CT molecular complexity index is 1440. The van der Waals surface area contributed by atoms with Gasteiger partial charge in [0.05, 0.1) is 57.3 Å². The second-order valence-corrected chi connectivity index (χ2v) is 7.98. The molecule has 1 fully saturated rings. The van der Waals surface area contributed by atoms with E-state index in [1.165, 1.54) is 39.4 Å². The van der Waals surface area contributed by atoms with Crippen LogP contribution >= 0.6 is 0 Å². The summed E-state index contributed by atoms with van der Waals surface area (Å²) in [6, 6.07) is 17.0. The lowest BCUT2D eigenvalue weighted by atomic mass is 9.93. The summed E-state index contributed by atoms with van der Waals surface area (Å²) in [5.74, 6) is -0.841.